The van der Waals surface area contributed by atoms with Crippen LogP contribution in [-0.4, -0.2) is 34.0 Å². The monoisotopic (exact) mass is 332 g/mol. The van der Waals surface area contributed by atoms with Crippen molar-refractivity contribution in [1.29, 1.82) is 0 Å². The van der Waals surface area contributed by atoms with Crippen molar-refractivity contribution < 1.29 is 29.4 Å². The molecule has 0 unspecified atom stereocenters. The number of carbonyl (C=O) groups excluding carboxylic acids is 2. The molecule has 0 spiro atoms. The number of rotatable bonds is 8. The van der Waals surface area contributed by atoms with Gasteiger partial charge in [-0.25, -0.2) is 9.59 Å². The third-order valence-electron chi connectivity index (χ3n) is 2.68. The lowest BCUT2D eigenvalue weighted by molar-refractivity contribution is -0.132. The van der Waals surface area contributed by atoms with E-state index in [4.69, 9.17) is 10.2 Å². The molecule has 1 aromatic carbocycles. The predicted octanol–water partition coefficient (Wildman–Crippen LogP) is 0.201. The minimum absolute atomic E-state index is 0.198. The maximum absolute atomic E-state index is 11.4. The highest BCUT2D eigenvalue weighted by Crippen LogP contribution is 2.05. The van der Waals surface area contributed by atoms with Crippen molar-refractivity contribution in [2.75, 3.05) is 0 Å². The zero-order valence-corrected chi connectivity index (χ0v) is 12.6. The van der Waals surface area contributed by atoms with E-state index in [1.54, 1.807) is 24.3 Å². The van der Waals surface area contributed by atoms with Gasteiger partial charge in [0.2, 0.25) is 11.8 Å². The molecule has 0 saturated heterocycles. The SMILES string of the molecule is O=C(O)/C=C/C(=O)NCc1cccc(CNC(=O)/C=C/C(=O)O)c1. The van der Waals surface area contributed by atoms with Gasteiger partial charge in [-0.3, -0.25) is 9.59 Å². The van der Waals surface area contributed by atoms with Gasteiger partial charge < -0.3 is 20.8 Å². The Morgan fingerprint density at radius 2 is 1.21 bits per heavy atom. The number of amides is 2. The van der Waals surface area contributed by atoms with Crippen molar-refractivity contribution in [1.82, 2.24) is 10.6 Å². The van der Waals surface area contributed by atoms with Gasteiger partial charge in [0.05, 0.1) is 0 Å². The van der Waals surface area contributed by atoms with Crippen LogP contribution in [0.3, 0.4) is 0 Å². The summed E-state index contributed by atoms with van der Waals surface area (Å²) in [7, 11) is 0. The van der Waals surface area contributed by atoms with E-state index in [0.717, 1.165) is 35.4 Å². The highest BCUT2D eigenvalue weighted by Gasteiger charge is 2.01. The first-order chi connectivity index (χ1) is 11.4. The second-order valence-electron chi connectivity index (χ2n) is 4.60. The van der Waals surface area contributed by atoms with Crippen LogP contribution in [0.25, 0.3) is 0 Å². The summed E-state index contributed by atoms with van der Waals surface area (Å²) in [6.07, 6.45) is 3.32. The standard InChI is InChI=1S/C16H16N2O6/c19-13(4-6-15(21)22)17-9-11-2-1-3-12(8-11)10-18-14(20)5-7-16(23)24/h1-8H,9-10H2,(H,17,19)(H,18,20)(H,21,22)(H,23,24)/b6-4+,7-5+. The molecule has 0 bridgehead atoms. The quantitative estimate of drug-likeness (QED) is 0.503. The zero-order chi connectivity index (χ0) is 17.9. The molecule has 0 aromatic heterocycles. The maximum Gasteiger partial charge on any atom is 0.328 e. The minimum Gasteiger partial charge on any atom is -0.478 e. The topological polar surface area (TPSA) is 133 Å². The molecule has 1 aromatic rings. The van der Waals surface area contributed by atoms with Gasteiger partial charge in [0.25, 0.3) is 0 Å². The number of benzene rings is 1. The number of nitrogens with one attached hydrogen (secondary N) is 2. The van der Waals surface area contributed by atoms with Crippen LogP contribution in [0.15, 0.2) is 48.6 Å². The number of aliphatic carboxylic acids is 2. The number of hydrogen-bond acceptors (Lipinski definition) is 4. The average molecular weight is 332 g/mol. The van der Waals surface area contributed by atoms with Crippen LogP contribution in [0.5, 0.6) is 0 Å². The van der Waals surface area contributed by atoms with Gasteiger partial charge in [-0.2, -0.15) is 0 Å². The highest BCUT2D eigenvalue weighted by molar-refractivity contribution is 5.94. The molecule has 4 N–H and O–H groups in total. The average Bonchev–Trinajstić information content (AvgIpc) is 2.54. The van der Waals surface area contributed by atoms with E-state index < -0.39 is 23.8 Å². The van der Waals surface area contributed by atoms with Crippen molar-refractivity contribution in [3.63, 3.8) is 0 Å². The van der Waals surface area contributed by atoms with E-state index in [9.17, 15) is 19.2 Å². The summed E-state index contributed by atoms with van der Waals surface area (Å²) in [5, 5.41) is 21.9. The smallest absolute Gasteiger partial charge is 0.328 e. The first-order valence-corrected chi connectivity index (χ1v) is 6.82. The highest BCUT2D eigenvalue weighted by atomic mass is 16.4. The molecule has 0 aliphatic heterocycles. The number of carboxylic acid groups (broad SMARTS) is 2. The van der Waals surface area contributed by atoms with Crippen LogP contribution in [0.4, 0.5) is 0 Å². The molecule has 0 aliphatic carbocycles. The summed E-state index contributed by atoms with van der Waals surface area (Å²) >= 11 is 0. The fourth-order valence-corrected chi connectivity index (χ4v) is 1.64. The van der Waals surface area contributed by atoms with Gasteiger partial charge in [0, 0.05) is 37.4 Å². The van der Waals surface area contributed by atoms with Gasteiger partial charge in [-0.1, -0.05) is 24.3 Å². The summed E-state index contributed by atoms with van der Waals surface area (Å²) < 4.78 is 0. The molecular weight excluding hydrogens is 316 g/mol. The molecule has 8 nitrogen and oxygen atoms in total. The number of hydrogen-bond donors (Lipinski definition) is 4. The van der Waals surface area contributed by atoms with Crippen LogP contribution < -0.4 is 10.6 Å². The molecule has 0 saturated carbocycles. The third kappa shape index (κ3) is 8.13. The van der Waals surface area contributed by atoms with E-state index >= 15 is 0 Å². The van der Waals surface area contributed by atoms with Crippen molar-refractivity contribution in [2.45, 2.75) is 13.1 Å². The Kier molecular flexibility index (Phi) is 7.43. The Balaban J connectivity index is 2.52. The third-order valence-corrected chi connectivity index (χ3v) is 2.68. The van der Waals surface area contributed by atoms with Crippen molar-refractivity contribution in [3.8, 4) is 0 Å². The van der Waals surface area contributed by atoms with Crippen molar-refractivity contribution in [2.24, 2.45) is 0 Å². The van der Waals surface area contributed by atoms with Crippen LogP contribution in [0, 0.1) is 0 Å². The van der Waals surface area contributed by atoms with Crippen LogP contribution >= 0.6 is 0 Å². The predicted molar refractivity (Wildman–Crippen MR) is 83.7 cm³/mol. The largest absolute Gasteiger partial charge is 0.478 e. The van der Waals surface area contributed by atoms with Gasteiger partial charge in [-0.05, 0) is 11.1 Å². The lowest BCUT2D eigenvalue weighted by atomic mass is 10.1. The summed E-state index contributed by atoms with van der Waals surface area (Å²) in [6, 6.07) is 7.01. The summed E-state index contributed by atoms with van der Waals surface area (Å²) in [6.45, 7) is 0.396. The second kappa shape index (κ2) is 9.57. The van der Waals surface area contributed by atoms with E-state index in [0.29, 0.717) is 0 Å². The summed E-state index contributed by atoms with van der Waals surface area (Å²) in [5.74, 6) is -3.48. The van der Waals surface area contributed by atoms with E-state index in [2.05, 4.69) is 10.6 Å². The van der Waals surface area contributed by atoms with Gasteiger partial charge >= 0.3 is 11.9 Å². The second-order valence-corrected chi connectivity index (χ2v) is 4.60. The van der Waals surface area contributed by atoms with Gasteiger partial charge in [0.15, 0.2) is 0 Å². The Morgan fingerprint density at radius 3 is 1.58 bits per heavy atom. The van der Waals surface area contributed by atoms with Crippen molar-refractivity contribution in [3.05, 3.63) is 59.7 Å². The van der Waals surface area contributed by atoms with Crippen molar-refractivity contribution >= 4 is 23.8 Å². The van der Waals surface area contributed by atoms with Crippen LogP contribution in [0.1, 0.15) is 11.1 Å². The molecule has 24 heavy (non-hydrogen) atoms. The molecule has 1 rings (SSSR count). The molecule has 2 amide bonds. The Morgan fingerprint density at radius 1 is 0.792 bits per heavy atom. The fourth-order valence-electron chi connectivity index (χ4n) is 1.64. The molecule has 0 heterocycles. The van der Waals surface area contributed by atoms with Gasteiger partial charge in [0.1, 0.15) is 0 Å². The first kappa shape index (κ1) is 18.6. The maximum atomic E-state index is 11.4. The van der Waals surface area contributed by atoms with Gasteiger partial charge in [-0.15, -0.1) is 0 Å². The van der Waals surface area contributed by atoms with E-state index in [-0.39, 0.29) is 13.1 Å². The fraction of sp³-hybridized carbons (Fsp3) is 0.125. The minimum atomic E-state index is -1.21. The molecule has 0 fully saturated rings. The summed E-state index contributed by atoms with van der Waals surface area (Å²) in [5.41, 5.74) is 1.53. The number of carboxylic acids is 2. The van der Waals surface area contributed by atoms with E-state index in [1.807, 2.05) is 0 Å². The Labute approximate surface area is 137 Å². The molecule has 0 atom stereocenters. The van der Waals surface area contributed by atoms with E-state index in [1.165, 1.54) is 0 Å². The molecule has 0 aliphatic rings. The van der Waals surface area contributed by atoms with Crippen LogP contribution in [-0.2, 0) is 32.3 Å². The molecule has 8 heteroatoms. The Bertz CT molecular complexity index is 638. The Hall–Kier alpha value is -3.42. The van der Waals surface area contributed by atoms with Crippen LogP contribution in [0.2, 0.25) is 0 Å². The molecule has 126 valence electrons. The lowest BCUT2D eigenvalue weighted by Crippen LogP contribution is -2.22. The lowest BCUT2D eigenvalue weighted by Gasteiger charge is -2.06. The number of carbonyl (C=O) groups is 4. The zero-order valence-electron chi connectivity index (χ0n) is 12.6. The first-order valence-electron chi connectivity index (χ1n) is 6.82. The summed E-state index contributed by atoms with van der Waals surface area (Å²) in [4.78, 5) is 43.3. The normalized spacial score (nSPS) is 10.7. The molecular formula is C16H16N2O6. The molecule has 0 radical (unpaired) electrons.